The Morgan fingerprint density at radius 1 is 1.21 bits per heavy atom. The normalized spacial score (nSPS) is 10.2. The average molecular weight is 321 g/mol. The number of rotatable bonds is 4. The number of benzene rings is 2. The lowest BCUT2D eigenvalue weighted by atomic mass is 10.1. The van der Waals surface area contributed by atoms with Gasteiger partial charge in [0.25, 0.3) is 0 Å². The second-order valence-corrected chi connectivity index (χ2v) is 4.98. The standard InChI is InChI=1S/C15H13BrO3/c1-10-12(16)7-8-13(14(10)15(17)18)19-9-11-5-3-2-4-6-11/h2-8H,9H2,1H3,(H,17,18). The highest BCUT2D eigenvalue weighted by Crippen LogP contribution is 2.29. The molecule has 2 rings (SSSR count). The second kappa shape index (κ2) is 5.89. The molecule has 3 nitrogen and oxygen atoms in total. The van der Waals surface area contributed by atoms with Crippen LogP contribution < -0.4 is 4.74 Å². The summed E-state index contributed by atoms with van der Waals surface area (Å²) in [5.74, 6) is -0.598. The molecule has 0 radical (unpaired) electrons. The first-order valence-electron chi connectivity index (χ1n) is 5.78. The Labute approximate surface area is 120 Å². The van der Waals surface area contributed by atoms with Gasteiger partial charge < -0.3 is 9.84 Å². The molecule has 98 valence electrons. The first-order chi connectivity index (χ1) is 9.09. The molecule has 0 unspecified atom stereocenters. The molecule has 0 bridgehead atoms. The van der Waals surface area contributed by atoms with Crippen molar-refractivity contribution in [1.82, 2.24) is 0 Å². The summed E-state index contributed by atoms with van der Waals surface area (Å²) in [5, 5.41) is 9.27. The van der Waals surface area contributed by atoms with E-state index in [1.807, 2.05) is 30.3 Å². The van der Waals surface area contributed by atoms with E-state index in [9.17, 15) is 9.90 Å². The van der Waals surface area contributed by atoms with Crippen molar-refractivity contribution in [3.63, 3.8) is 0 Å². The van der Waals surface area contributed by atoms with Gasteiger partial charge in [0.1, 0.15) is 17.9 Å². The minimum atomic E-state index is -0.984. The molecule has 1 N–H and O–H groups in total. The monoisotopic (exact) mass is 320 g/mol. The molecule has 0 fully saturated rings. The number of hydrogen-bond acceptors (Lipinski definition) is 2. The van der Waals surface area contributed by atoms with Crippen LogP contribution in [-0.2, 0) is 6.61 Å². The molecule has 0 aromatic heterocycles. The van der Waals surface area contributed by atoms with Crippen LogP contribution >= 0.6 is 15.9 Å². The van der Waals surface area contributed by atoms with Crippen molar-refractivity contribution in [2.24, 2.45) is 0 Å². The molecular weight excluding hydrogens is 308 g/mol. The van der Waals surface area contributed by atoms with Crippen molar-refractivity contribution in [2.75, 3.05) is 0 Å². The number of ether oxygens (including phenoxy) is 1. The van der Waals surface area contributed by atoms with E-state index in [-0.39, 0.29) is 5.56 Å². The van der Waals surface area contributed by atoms with Crippen LogP contribution in [0, 0.1) is 6.92 Å². The molecule has 0 aliphatic rings. The molecule has 2 aromatic rings. The van der Waals surface area contributed by atoms with Crippen LogP contribution in [0.15, 0.2) is 46.9 Å². The molecule has 0 saturated carbocycles. The summed E-state index contributed by atoms with van der Waals surface area (Å²) in [6.07, 6.45) is 0. The van der Waals surface area contributed by atoms with E-state index < -0.39 is 5.97 Å². The van der Waals surface area contributed by atoms with Crippen LogP contribution in [0.4, 0.5) is 0 Å². The highest BCUT2D eigenvalue weighted by atomic mass is 79.9. The first-order valence-corrected chi connectivity index (χ1v) is 6.58. The van der Waals surface area contributed by atoms with Crippen LogP contribution in [-0.4, -0.2) is 11.1 Å². The van der Waals surface area contributed by atoms with Gasteiger partial charge in [-0.05, 0) is 30.2 Å². The van der Waals surface area contributed by atoms with Gasteiger partial charge in [-0.1, -0.05) is 46.3 Å². The van der Waals surface area contributed by atoms with Crippen LogP contribution in [0.2, 0.25) is 0 Å². The maximum atomic E-state index is 11.3. The molecule has 0 saturated heterocycles. The van der Waals surface area contributed by atoms with Gasteiger partial charge in [0.15, 0.2) is 0 Å². The molecule has 0 atom stereocenters. The Morgan fingerprint density at radius 2 is 1.89 bits per heavy atom. The Bertz CT molecular complexity index is 594. The van der Waals surface area contributed by atoms with Crippen molar-refractivity contribution >= 4 is 21.9 Å². The number of carbonyl (C=O) groups is 1. The van der Waals surface area contributed by atoms with E-state index >= 15 is 0 Å². The lowest BCUT2D eigenvalue weighted by Crippen LogP contribution is -2.06. The molecule has 2 aromatic carbocycles. The summed E-state index contributed by atoms with van der Waals surface area (Å²) in [5.41, 5.74) is 1.86. The molecule has 0 aliphatic carbocycles. The second-order valence-electron chi connectivity index (χ2n) is 4.12. The van der Waals surface area contributed by atoms with Crippen molar-refractivity contribution in [1.29, 1.82) is 0 Å². The highest BCUT2D eigenvalue weighted by Gasteiger charge is 2.16. The largest absolute Gasteiger partial charge is 0.488 e. The summed E-state index contributed by atoms with van der Waals surface area (Å²) in [7, 11) is 0. The van der Waals surface area contributed by atoms with E-state index in [1.165, 1.54) is 0 Å². The number of carboxylic acids is 1. The minimum Gasteiger partial charge on any atom is -0.488 e. The Kier molecular flexibility index (Phi) is 4.22. The number of halogens is 1. The maximum absolute atomic E-state index is 11.3. The third-order valence-electron chi connectivity index (χ3n) is 2.81. The fourth-order valence-corrected chi connectivity index (χ4v) is 2.11. The molecule has 0 amide bonds. The van der Waals surface area contributed by atoms with Gasteiger partial charge in [-0.25, -0.2) is 4.79 Å². The predicted octanol–water partition coefficient (Wildman–Crippen LogP) is 4.03. The summed E-state index contributed by atoms with van der Waals surface area (Å²) in [4.78, 5) is 11.3. The average Bonchev–Trinajstić information content (AvgIpc) is 2.41. The third-order valence-corrected chi connectivity index (χ3v) is 3.67. The smallest absolute Gasteiger partial charge is 0.339 e. The third kappa shape index (κ3) is 3.15. The van der Waals surface area contributed by atoms with E-state index in [4.69, 9.17) is 4.74 Å². The lowest BCUT2D eigenvalue weighted by molar-refractivity contribution is 0.0691. The Morgan fingerprint density at radius 3 is 2.53 bits per heavy atom. The summed E-state index contributed by atoms with van der Waals surface area (Å²) in [6.45, 7) is 2.10. The zero-order chi connectivity index (χ0) is 13.8. The van der Waals surface area contributed by atoms with Gasteiger partial charge in [0, 0.05) is 4.47 Å². The molecule has 19 heavy (non-hydrogen) atoms. The maximum Gasteiger partial charge on any atom is 0.339 e. The van der Waals surface area contributed by atoms with Gasteiger partial charge in [-0.3, -0.25) is 0 Å². The van der Waals surface area contributed by atoms with Crippen molar-refractivity contribution in [2.45, 2.75) is 13.5 Å². The van der Waals surface area contributed by atoms with Crippen LogP contribution in [0.25, 0.3) is 0 Å². The van der Waals surface area contributed by atoms with Gasteiger partial charge in [-0.2, -0.15) is 0 Å². The Hall–Kier alpha value is -1.81. The fourth-order valence-electron chi connectivity index (χ4n) is 1.78. The van der Waals surface area contributed by atoms with Gasteiger partial charge in [-0.15, -0.1) is 0 Å². The molecule has 0 aliphatic heterocycles. The van der Waals surface area contributed by atoms with Gasteiger partial charge in [0.2, 0.25) is 0 Å². The van der Waals surface area contributed by atoms with Crippen molar-refractivity contribution in [3.05, 3.63) is 63.6 Å². The fraction of sp³-hybridized carbons (Fsp3) is 0.133. The van der Waals surface area contributed by atoms with Crippen LogP contribution in [0.5, 0.6) is 5.75 Å². The summed E-state index contributed by atoms with van der Waals surface area (Å²) < 4.78 is 6.38. The molecule has 0 spiro atoms. The van der Waals surface area contributed by atoms with Crippen molar-refractivity contribution < 1.29 is 14.6 Å². The van der Waals surface area contributed by atoms with Crippen LogP contribution in [0.1, 0.15) is 21.5 Å². The SMILES string of the molecule is Cc1c(Br)ccc(OCc2ccccc2)c1C(=O)O. The first kappa shape index (κ1) is 13.6. The lowest BCUT2D eigenvalue weighted by Gasteiger charge is -2.12. The number of hydrogen-bond donors (Lipinski definition) is 1. The molecular formula is C15H13BrO3. The number of carboxylic acid groups (broad SMARTS) is 1. The molecule has 4 heteroatoms. The summed E-state index contributed by atoms with van der Waals surface area (Å²) >= 11 is 3.33. The highest BCUT2D eigenvalue weighted by molar-refractivity contribution is 9.10. The van der Waals surface area contributed by atoms with E-state index in [2.05, 4.69) is 15.9 Å². The topological polar surface area (TPSA) is 46.5 Å². The van der Waals surface area contributed by atoms with Crippen LogP contribution in [0.3, 0.4) is 0 Å². The zero-order valence-electron chi connectivity index (χ0n) is 10.4. The van der Waals surface area contributed by atoms with E-state index in [1.54, 1.807) is 19.1 Å². The zero-order valence-corrected chi connectivity index (χ0v) is 12.0. The van der Waals surface area contributed by atoms with Crippen molar-refractivity contribution in [3.8, 4) is 5.75 Å². The van der Waals surface area contributed by atoms with Gasteiger partial charge in [0.05, 0.1) is 0 Å². The van der Waals surface area contributed by atoms with E-state index in [0.717, 1.165) is 10.0 Å². The molecule has 0 heterocycles. The number of aromatic carboxylic acids is 1. The summed E-state index contributed by atoms with van der Waals surface area (Å²) in [6, 6.07) is 13.1. The van der Waals surface area contributed by atoms with Gasteiger partial charge >= 0.3 is 5.97 Å². The minimum absolute atomic E-state index is 0.199. The Balaban J connectivity index is 2.26. The van der Waals surface area contributed by atoms with E-state index in [0.29, 0.717) is 17.9 Å². The predicted molar refractivity (Wildman–Crippen MR) is 76.6 cm³/mol. The quantitative estimate of drug-likeness (QED) is 0.924.